The van der Waals surface area contributed by atoms with Crippen LogP contribution in [0, 0.1) is 11.3 Å². The normalized spacial score (nSPS) is 11.6. The van der Waals surface area contributed by atoms with Crippen LogP contribution in [0.2, 0.25) is 0 Å². The van der Waals surface area contributed by atoms with Gasteiger partial charge in [0.15, 0.2) is 0 Å². The van der Waals surface area contributed by atoms with E-state index < -0.39 is 6.10 Å². The number of methoxy groups -OCH3 is 1. The van der Waals surface area contributed by atoms with E-state index in [0.717, 1.165) is 0 Å². The van der Waals surface area contributed by atoms with Gasteiger partial charge in [0, 0.05) is 12.6 Å². The van der Waals surface area contributed by atoms with Gasteiger partial charge in [0.25, 0.3) is 0 Å². The number of hydrogen-bond acceptors (Lipinski definition) is 4. The van der Waals surface area contributed by atoms with Crippen LogP contribution >= 0.6 is 0 Å². The third-order valence-electron chi connectivity index (χ3n) is 2.35. The number of rotatable bonds is 5. The number of ether oxygens (including phenoxy) is 1. The zero-order valence-electron chi connectivity index (χ0n) is 9.53. The van der Waals surface area contributed by atoms with E-state index in [4.69, 9.17) is 10.00 Å². The Hall–Kier alpha value is -1.73. The van der Waals surface area contributed by atoms with E-state index >= 15 is 0 Å². The molecule has 0 amide bonds. The molecule has 0 bridgehead atoms. The van der Waals surface area contributed by atoms with Gasteiger partial charge in [0.2, 0.25) is 0 Å². The van der Waals surface area contributed by atoms with Gasteiger partial charge in [-0.15, -0.1) is 0 Å². The van der Waals surface area contributed by atoms with Crippen LogP contribution in [-0.2, 0) is 0 Å². The summed E-state index contributed by atoms with van der Waals surface area (Å²) < 4.78 is 5.08. The van der Waals surface area contributed by atoms with Crippen LogP contribution < -0.4 is 10.1 Å². The summed E-state index contributed by atoms with van der Waals surface area (Å²) in [4.78, 5) is 0. The van der Waals surface area contributed by atoms with Crippen molar-refractivity contribution in [1.82, 2.24) is 0 Å². The summed E-state index contributed by atoms with van der Waals surface area (Å²) in [6.07, 6.45) is 0.275. The molecule has 86 valence electrons. The van der Waals surface area contributed by atoms with Crippen molar-refractivity contribution < 1.29 is 9.84 Å². The second kappa shape index (κ2) is 5.99. The molecule has 0 fully saturated rings. The van der Waals surface area contributed by atoms with Gasteiger partial charge in [-0.05, 0) is 18.6 Å². The molecule has 0 aliphatic carbocycles. The molecule has 0 heterocycles. The number of nitriles is 1. The van der Waals surface area contributed by atoms with Crippen LogP contribution in [-0.4, -0.2) is 24.9 Å². The number of benzene rings is 1. The Morgan fingerprint density at radius 3 is 2.88 bits per heavy atom. The van der Waals surface area contributed by atoms with E-state index in [2.05, 4.69) is 11.4 Å². The first kappa shape index (κ1) is 12.3. The summed E-state index contributed by atoms with van der Waals surface area (Å²) in [5, 5.41) is 21.4. The highest BCUT2D eigenvalue weighted by Crippen LogP contribution is 2.21. The minimum atomic E-state index is -0.405. The monoisotopic (exact) mass is 220 g/mol. The quantitative estimate of drug-likeness (QED) is 0.793. The fraction of sp³-hybridized carbons (Fsp3) is 0.417. The van der Waals surface area contributed by atoms with Crippen LogP contribution in [0.25, 0.3) is 0 Å². The van der Waals surface area contributed by atoms with Gasteiger partial charge in [0.05, 0.1) is 24.5 Å². The van der Waals surface area contributed by atoms with Crippen molar-refractivity contribution >= 4 is 5.69 Å². The van der Waals surface area contributed by atoms with Gasteiger partial charge in [-0.1, -0.05) is 6.92 Å². The number of aliphatic hydroxyl groups excluding tert-OH is 1. The molecule has 0 aromatic heterocycles. The predicted molar refractivity (Wildman–Crippen MR) is 62.5 cm³/mol. The second-order valence-corrected chi connectivity index (χ2v) is 3.47. The lowest BCUT2D eigenvalue weighted by atomic mass is 10.1. The molecule has 0 radical (unpaired) electrons. The number of nitrogens with one attached hydrogen (secondary N) is 1. The summed E-state index contributed by atoms with van der Waals surface area (Å²) in [6.45, 7) is 2.33. The Bertz CT molecular complexity index is 385. The number of aliphatic hydroxyl groups is 1. The van der Waals surface area contributed by atoms with Crippen molar-refractivity contribution in [3.05, 3.63) is 23.8 Å². The lowest BCUT2D eigenvalue weighted by Gasteiger charge is -2.12. The van der Waals surface area contributed by atoms with E-state index in [1.165, 1.54) is 0 Å². The first-order chi connectivity index (χ1) is 7.71. The number of nitrogens with zero attached hydrogens (tertiary/aromatic N) is 1. The van der Waals surface area contributed by atoms with Crippen LogP contribution in [0.15, 0.2) is 18.2 Å². The molecule has 1 unspecified atom stereocenters. The minimum absolute atomic E-state index is 0.405. The molecule has 1 aromatic carbocycles. The Morgan fingerprint density at radius 1 is 1.56 bits per heavy atom. The topological polar surface area (TPSA) is 65.3 Å². The van der Waals surface area contributed by atoms with Gasteiger partial charge >= 0.3 is 0 Å². The lowest BCUT2D eigenvalue weighted by Crippen LogP contribution is -2.18. The second-order valence-electron chi connectivity index (χ2n) is 3.47. The number of anilines is 1. The zero-order valence-corrected chi connectivity index (χ0v) is 9.53. The van der Waals surface area contributed by atoms with Gasteiger partial charge < -0.3 is 15.2 Å². The van der Waals surface area contributed by atoms with Crippen molar-refractivity contribution in [1.29, 1.82) is 5.26 Å². The molecule has 4 nitrogen and oxygen atoms in total. The fourth-order valence-corrected chi connectivity index (χ4v) is 1.27. The molecule has 0 aliphatic rings. The highest BCUT2D eigenvalue weighted by atomic mass is 16.5. The summed E-state index contributed by atoms with van der Waals surface area (Å²) in [5.41, 5.74) is 1.23. The molecule has 0 aliphatic heterocycles. The van der Waals surface area contributed by atoms with E-state index in [1.54, 1.807) is 25.3 Å². The van der Waals surface area contributed by atoms with Gasteiger partial charge in [-0.3, -0.25) is 0 Å². The summed E-state index contributed by atoms with van der Waals surface area (Å²) in [5.74, 6) is 0.687. The van der Waals surface area contributed by atoms with Crippen molar-refractivity contribution in [3.63, 3.8) is 0 Å². The predicted octanol–water partition coefficient (Wildman–Crippen LogP) is 1.75. The molecule has 0 saturated heterocycles. The van der Waals surface area contributed by atoms with Crippen molar-refractivity contribution in [2.24, 2.45) is 0 Å². The summed E-state index contributed by atoms with van der Waals surface area (Å²) in [7, 11) is 1.58. The fourth-order valence-electron chi connectivity index (χ4n) is 1.27. The maximum Gasteiger partial charge on any atom is 0.121 e. The smallest absolute Gasteiger partial charge is 0.121 e. The highest BCUT2D eigenvalue weighted by Gasteiger charge is 2.05. The Labute approximate surface area is 95.5 Å². The Morgan fingerprint density at radius 2 is 2.31 bits per heavy atom. The summed E-state index contributed by atoms with van der Waals surface area (Å²) >= 11 is 0. The largest absolute Gasteiger partial charge is 0.497 e. The molecule has 4 heteroatoms. The van der Waals surface area contributed by atoms with Gasteiger partial charge in [0.1, 0.15) is 11.8 Å². The first-order valence-corrected chi connectivity index (χ1v) is 5.21. The molecular formula is C12H16N2O2. The molecule has 2 N–H and O–H groups in total. The van der Waals surface area contributed by atoms with Crippen molar-refractivity contribution in [3.8, 4) is 11.8 Å². The van der Waals surface area contributed by atoms with Crippen LogP contribution in [0.3, 0.4) is 0 Å². The molecule has 1 aromatic rings. The van der Waals surface area contributed by atoms with Crippen LogP contribution in [0.5, 0.6) is 5.75 Å². The third-order valence-corrected chi connectivity index (χ3v) is 2.35. The average Bonchev–Trinajstić information content (AvgIpc) is 2.35. The first-order valence-electron chi connectivity index (χ1n) is 5.21. The maximum atomic E-state index is 9.43. The SMILES string of the molecule is CCC(O)CNc1cc(OC)ccc1C#N. The lowest BCUT2D eigenvalue weighted by molar-refractivity contribution is 0.183. The molecular weight excluding hydrogens is 204 g/mol. The standard InChI is InChI=1S/C12H16N2O2/c1-3-10(15)8-14-12-6-11(16-2)5-4-9(12)7-13/h4-6,10,14-15H,3,8H2,1-2H3. The zero-order chi connectivity index (χ0) is 12.0. The summed E-state index contributed by atoms with van der Waals surface area (Å²) in [6, 6.07) is 7.27. The molecule has 1 atom stereocenters. The Balaban J connectivity index is 2.80. The van der Waals surface area contributed by atoms with Crippen molar-refractivity contribution in [2.75, 3.05) is 19.0 Å². The van der Waals surface area contributed by atoms with Crippen LogP contribution in [0.1, 0.15) is 18.9 Å². The molecule has 1 rings (SSSR count). The van der Waals surface area contributed by atoms with E-state index in [-0.39, 0.29) is 0 Å². The Kier molecular flexibility index (Phi) is 4.62. The molecule has 16 heavy (non-hydrogen) atoms. The minimum Gasteiger partial charge on any atom is -0.497 e. The van der Waals surface area contributed by atoms with Crippen LogP contribution in [0.4, 0.5) is 5.69 Å². The van der Waals surface area contributed by atoms with E-state index in [0.29, 0.717) is 30.0 Å². The maximum absolute atomic E-state index is 9.43. The van der Waals surface area contributed by atoms with Crippen molar-refractivity contribution in [2.45, 2.75) is 19.4 Å². The van der Waals surface area contributed by atoms with E-state index in [9.17, 15) is 5.11 Å². The number of hydrogen-bond donors (Lipinski definition) is 2. The molecule has 0 saturated carbocycles. The van der Waals surface area contributed by atoms with Gasteiger partial charge in [-0.25, -0.2) is 0 Å². The van der Waals surface area contributed by atoms with E-state index in [1.807, 2.05) is 6.92 Å². The highest BCUT2D eigenvalue weighted by molar-refractivity contribution is 5.60. The average molecular weight is 220 g/mol. The third kappa shape index (κ3) is 3.14. The molecule has 0 spiro atoms. The van der Waals surface area contributed by atoms with Gasteiger partial charge in [-0.2, -0.15) is 5.26 Å².